The molecular weight excluding hydrogens is 164 g/mol. The summed E-state index contributed by atoms with van der Waals surface area (Å²) < 4.78 is 0. The molecule has 0 aromatic heterocycles. The molecule has 72 valence electrons. The zero-order valence-corrected chi connectivity index (χ0v) is 9.87. The molecule has 0 aliphatic carbocycles. The van der Waals surface area contributed by atoms with Gasteiger partial charge in [-0.25, -0.2) is 0 Å². The molecule has 0 aromatic carbocycles. The van der Waals surface area contributed by atoms with E-state index in [-0.39, 0.29) is 0 Å². The van der Waals surface area contributed by atoms with Crippen molar-refractivity contribution in [2.24, 2.45) is 23.2 Å². The van der Waals surface area contributed by atoms with E-state index in [0.717, 1.165) is 17.8 Å². The van der Waals surface area contributed by atoms with Crippen molar-refractivity contribution < 1.29 is 0 Å². The summed E-state index contributed by atoms with van der Waals surface area (Å²) in [6.07, 6.45) is 0. The van der Waals surface area contributed by atoms with Gasteiger partial charge in [0.2, 0.25) is 0 Å². The number of hydrogen-bond donors (Lipinski definition) is 0. The van der Waals surface area contributed by atoms with Gasteiger partial charge in [0.05, 0.1) is 0 Å². The first-order valence-corrected chi connectivity index (χ1v) is 6.16. The van der Waals surface area contributed by atoms with Gasteiger partial charge in [0.1, 0.15) is 0 Å². The van der Waals surface area contributed by atoms with Crippen molar-refractivity contribution in [3.63, 3.8) is 0 Å². The Kier molecular flexibility index (Phi) is 3.14. The Balaban J connectivity index is 2.64. The standard InChI is InChI=1S/C11H22S/c1-8(2)9-6-12-7-10(9)11(3,4)5/h8-10H,6-7H2,1-5H3. The molecule has 1 saturated heterocycles. The summed E-state index contributed by atoms with van der Waals surface area (Å²) in [6.45, 7) is 11.9. The highest BCUT2D eigenvalue weighted by molar-refractivity contribution is 7.99. The molecule has 0 amide bonds. The van der Waals surface area contributed by atoms with Gasteiger partial charge < -0.3 is 0 Å². The van der Waals surface area contributed by atoms with Crippen molar-refractivity contribution >= 4 is 11.8 Å². The van der Waals surface area contributed by atoms with E-state index < -0.39 is 0 Å². The van der Waals surface area contributed by atoms with Crippen LogP contribution in [-0.2, 0) is 0 Å². The van der Waals surface area contributed by atoms with Crippen LogP contribution in [0.4, 0.5) is 0 Å². The summed E-state index contributed by atoms with van der Waals surface area (Å²) >= 11 is 2.15. The van der Waals surface area contributed by atoms with Gasteiger partial charge in [-0.1, -0.05) is 34.6 Å². The minimum atomic E-state index is 0.512. The Bertz CT molecular complexity index is 144. The summed E-state index contributed by atoms with van der Waals surface area (Å²) in [6, 6.07) is 0. The molecular formula is C11H22S. The SMILES string of the molecule is CC(C)C1CSCC1C(C)(C)C. The van der Waals surface area contributed by atoms with Gasteiger partial charge in [0.25, 0.3) is 0 Å². The molecule has 0 bridgehead atoms. The van der Waals surface area contributed by atoms with Crippen molar-refractivity contribution in [3.8, 4) is 0 Å². The second-order valence-electron chi connectivity index (χ2n) is 5.42. The number of hydrogen-bond acceptors (Lipinski definition) is 1. The van der Waals surface area contributed by atoms with Gasteiger partial charge in [0.15, 0.2) is 0 Å². The second-order valence-corrected chi connectivity index (χ2v) is 6.49. The van der Waals surface area contributed by atoms with Gasteiger partial charge >= 0.3 is 0 Å². The molecule has 0 spiro atoms. The van der Waals surface area contributed by atoms with Gasteiger partial charge in [0, 0.05) is 0 Å². The van der Waals surface area contributed by atoms with Crippen LogP contribution in [0.15, 0.2) is 0 Å². The highest BCUT2D eigenvalue weighted by Crippen LogP contribution is 2.44. The maximum Gasteiger partial charge on any atom is -0.00310 e. The Hall–Kier alpha value is 0.350. The minimum absolute atomic E-state index is 0.512. The zero-order chi connectivity index (χ0) is 9.35. The number of rotatable bonds is 1. The van der Waals surface area contributed by atoms with E-state index in [1.165, 1.54) is 11.5 Å². The van der Waals surface area contributed by atoms with Crippen molar-refractivity contribution in [2.75, 3.05) is 11.5 Å². The molecule has 0 saturated carbocycles. The lowest BCUT2D eigenvalue weighted by Gasteiger charge is -2.33. The van der Waals surface area contributed by atoms with Gasteiger partial charge in [-0.2, -0.15) is 11.8 Å². The van der Waals surface area contributed by atoms with Crippen LogP contribution in [0.25, 0.3) is 0 Å². The molecule has 2 unspecified atom stereocenters. The minimum Gasteiger partial charge on any atom is -0.161 e. The van der Waals surface area contributed by atoms with E-state index in [2.05, 4.69) is 46.4 Å². The fraction of sp³-hybridized carbons (Fsp3) is 1.00. The Morgan fingerprint density at radius 2 is 1.75 bits per heavy atom. The Labute approximate surface area is 81.5 Å². The molecule has 1 aliphatic rings. The van der Waals surface area contributed by atoms with E-state index in [9.17, 15) is 0 Å². The summed E-state index contributed by atoms with van der Waals surface area (Å²) in [5.74, 6) is 5.52. The summed E-state index contributed by atoms with van der Waals surface area (Å²) in [4.78, 5) is 0. The molecule has 12 heavy (non-hydrogen) atoms. The highest BCUT2D eigenvalue weighted by Gasteiger charge is 2.37. The van der Waals surface area contributed by atoms with Gasteiger partial charge in [-0.3, -0.25) is 0 Å². The molecule has 2 atom stereocenters. The normalized spacial score (nSPS) is 31.5. The lowest BCUT2D eigenvalue weighted by Crippen LogP contribution is -2.29. The van der Waals surface area contributed by atoms with Crippen LogP contribution in [0.3, 0.4) is 0 Å². The second kappa shape index (κ2) is 3.61. The van der Waals surface area contributed by atoms with E-state index in [0.29, 0.717) is 5.41 Å². The van der Waals surface area contributed by atoms with E-state index >= 15 is 0 Å². The molecule has 1 aliphatic heterocycles. The summed E-state index contributed by atoms with van der Waals surface area (Å²) in [5, 5.41) is 0. The predicted molar refractivity (Wildman–Crippen MR) is 58.6 cm³/mol. The lowest BCUT2D eigenvalue weighted by atomic mass is 9.71. The first-order chi connectivity index (χ1) is 5.43. The summed E-state index contributed by atoms with van der Waals surface area (Å²) in [7, 11) is 0. The van der Waals surface area contributed by atoms with Crippen LogP contribution < -0.4 is 0 Å². The van der Waals surface area contributed by atoms with Crippen LogP contribution in [-0.4, -0.2) is 11.5 Å². The van der Waals surface area contributed by atoms with E-state index in [1.54, 1.807) is 0 Å². The average Bonchev–Trinajstić information content (AvgIpc) is 2.30. The quantitative estimate of drug-likeness (QED) is 0.602. The third-order valence-electron chi connectivity index (χ3n) is 3.09. The third-order valence-corrected chi connectivity index (χ3v) is 4.31. The Morgan fingerprint density at radius 1 is 1.17 bits per heavy atom. The van der Waals surface area contributed by atoms with E-state index in [1.807, 2.05) is 0 Å². The lowest BCUT2D eigenvalue weighted by molar-refractivity contribution is 0.170. The van der Waals surface area contributed by atoms with Crippen molar-refractivity contribution in [1.29, 1.82) is 0 Å². The van der Waals surface area contributed by atoms with Crippen molar-refractivity contribution in [3.05, 3.63) is 0 Å². The van der Waals surface area contributed by atoms with Crippen LogP contribution >= 0.6 is 11.8 Å². The maximum atomic E-state index is 2.39. The fourth-order valence-electron chi connectivity index (χ4n) is 2.12. The topological polar surface area (TPSA) is 0 Å². The fourth-order valence-corrected chi connectivity index (χ4v) is 4.15. The maximum absolute atomic E-state index is 2.39. The molecule has 1 rings (SSSR count). The van der Waals surface area contributed by atoms with Crippen LogP contribution in [0, 0.1) is 23.2 Å². The molecule has 0 nitrogen and oxygen atoms in total. The summed E-state index contributed by atoms with van der Waals surface area (Å²) in [5.41, 5.74) is 0.512. The molecule has 1 heterocycles. The van der Waals surface area contributed by atoms with Gasteiger partial charge in [-0.05, 0) is 34.7 Å². The van der Waals surface area contributed by atoms with Crippen molar-refractivity contribution in [2.45, 2.75) is 34.6 Å². The monoisotopic (exact) mass is 186 g/mol. The van der Waals surface area contributed by atoms with E-state index in [4.69, 9.17) is 0 Å². The largest absolute Gasteiger partial charge is 0.161 e. The predicted octanol–water partition coefficient (Wildman–Crippen LogP) is 3.67. The molecule has 1 fully saturated rings. The Morgan fingerprint density at radius 3 is 2.08 bits per heavy atom. The van der Waals surface area contributed by atoms with Crippen molar-refractivity contribution in [1.82, 2.24) is 0 Å². The van der Waals surface area contributed by atoms with Gasteiger partial charge in [-0.15, -0.1) is 0 Å². The first-order valence-electron chi connectivity index (χ1n) is 5.00. The third kappa shape index (κ3) is 2.18. The van der Waals surface area contributed by atoms with Crippen LogP contribution in [0.2, 0.25) is 0 Å². The highest BCUT2D eigenvalue weighted by atomic mass is 32.2. The first kappa shape index (κ1) is 10.4. The molecule has 0 aromatic rings. The molecule has 0 N–H and O–H groups in total. The molecule has 0 radical (unpaired) electrons. The zero-order valence-electron chi connectivity index (χ0n) is 9.05. The number of thioether (sulfide) groups is 1. The average molecular weight is 186 g/mol. The smallest absolute Gasteiger partial charge is 0.00310 e. The molecule has 1 heteroatoms. The van der Waals surface area contributed by atoms with Crippen LogP contribution in [0.5, 0.6) is 0 Å². The van der Waals surface area contributed by atoms with Crippen LogP contribution in [0.1, 0.15) is 34.6 Å².